The van der Waals surface area contributed by atoms with Crippen LogP contribution in [0.2, 0.25) is 0 Å². The number of urea groups is 1. The molecule has 0 atom stereocenters. The Hall–Kier alpha value is -3.60. The van der Waals surface area contributed by atoms with Gasteiger partial charge in [0.2, 0.25) is 5.95 Å². The molecule has 11 heteroatoms. The lowest BCUT2D eigenvalue weighted by Crippen LogP contribution is -2.50. The summed E-state index contributed by atoms with van der Waals surface area (Å²) >= 11 is 1.43. The van der Waals surface area contributed by atoms with Gasteiger partial charge in [0.1, 0.15) is 17.4 Å². The molecule has 3 saturated heterocycles. The van der Waals surface area contributed by atoms with Gasteiger partial charge in [-0.15, -0.1) is 11.3 Å². The molecule has 0 spiro atoms. The Kier molecular flexibility index (Phi) is 7.17. The quantitative estimate of drug-likeness (QED) is 0.504. The van der Waals surface area contributed by atoms with Crippen LogP contribution in [0.4, 0.5) is 27.5 Å². The van der Waals surface area contributed by atoms with E-state index in [2.05, 4.69) is 31.1 Å². The van der Waals surface area contributed by atoms with Crippen LogP contribution in [0, 0.1) is 0 Å². The van der Waals surface area contributed by atoms with Gasteiger partial charge < -0.3 is 24.3 Å². The van der Waals surface area contributed by atoms with Crippen molar-refractivity contribution in [3.8, 4) is 17.0 Å². The zero-order chi connectivity index (χ0) is 25.9. The topological polar surface area (TPSA) is 90.0 Å². The van der Waals surface area contributed by atoms with E-state index < -0.39 is 0 Å². The first-order valence-corrected chi connectivity index (χ1v) is 14.3. The maximum absolute atomic E-state index is 13.0. The lowest BCUT2D eigenvalue weighted by molar-refractivity contribution is 0.208. The van der Waals surface area contributed by atoms with Crippen molar-refractivity contribution in [2.75, 3.05) is 79.5 Å². The molecule has 0 radical (unpaired) electrons. The minimum absolute atomic E-state index is 0.113. The molecule has 1 N–H and O–H groups in total. The molecule has 0 bridgehead atoms. The molecule has 3 aromatic rings. The van der Waals surface area contributed by atoms with Crippen LogP contribution in [-0.2, 0) is 0 Å². The predicted octanol–water partition coefficient (Wildman–Crippen LogP) is 4.16. The molecule has 0 unspecified atom stereocenters. The van der Waals surface area contributed by atoms with Gasteiger partial charge in [-0.3, -0.25) is 5.32 Å². The number of nitrogens with zero attached hydrogens (tertiary/aromatic N) is 7. The van der Waals surface area contributed by atoms with Gasteiger partial charge >= 0.3 is 6.03 Å². The molecule has 3 fully saturated rings. The fraction of sp³-hybridized carbons (Fsp3) is 0.481. The number of benzene rings is 1. The number of piperazine rings is 1. The van der Waals surface area contributed by atoms with E-state index in [1.54, 1.807) is 7.11 Å². The number of aromatic nitrogens is 3. The molecule has 10 nitrogen and oxygen atoms in total. The van der Waals surface area contributed by atoms with Crippen LogP contribution < -0.4 is 24.8 Å². The van der Waals surface area contributed by atoms with Crippen molar-refractivity contribution in [2.45, 2.75) is 25.7 Å². The Morgan fingerprint density at radius 1 is 0.816 bits per heavy atom. The largest absolute Gasteiger partial charge is 0.497 e. The number of nitrogens with one attached hydrogen (secondary N) is 1. The first-order valence-electron chi connectivity index (χ1n) is 13.5. The lowest BCUT2D eigenvalue weighted by Gasteiger charge is -2.35. The number of rotatable bonds is 6. The molecule has 0 aliphatic carbocycles. The van der Waals surface area contributed by atoms with Gasteiger partial charge in [-0.25, -0.2) is 9.78 Å². The minimum Gasteiger partial charge on any atom is -0.497 e. The van der Waals surface area contributed by atoms with Crippen LogP contribution >= 0.6 is 11.3 Å². The molecular formula is C27H34N8O2S. The van der Waals surface area contributed by atoms with E-state index in [1.165, 1.54) is 37.0 Å². The van der Waals surface area contributed by atoms with E-state index in [9.17, 15) is 4.79 Å². The van der Waals surface area contributed by atoms with E-state index in [0.717, 1.165) is 73.9 Å². The standard InChI is InChI=1S/C27H34N8O2S/c1-37-21-8-6-20(7-9-21)22-19-38-26(28-22)31-27(36)35-16-14-33(15-17-35)24-18-23(32-10-2-3-11-32)29-25(30-24)34-12-4-5-13-34/h6-9,18-19H,2-5,10-17H2,1H3,(H,28,31,36). The predicted molar refractivity (Wildman–Crippen MR) is 152 cm³/mol. The lowest BCUT2D eigenvalue weighted by atomic mass is 10.2. The summed E-state index contributed by atoms with van der Waals surface area (Å²) in [5.41, 5.74) is 1.83. The SMILES string of the molecule is COc1ccc(-c2csc(NC(=O)N3CCN(c4cc(N5CCCC5)nc(N5CCCC5)n4)CC3)n2)cc1. The van der Waals surface area contributed by atoms with Gasteiger partial charge in [-0.2, -0.15) is 9.97 Å². The Bertz CT molecular complexity index is 1210. The van der Waals surface area contributed by atoms with Crippen molar-refractivity contribution in [2.24, 2.45) is 0 Å². The minimum atomic E-state index is -0.113. The number of methoxy groups -OCH3 is 1. The van der Waals surface area contributed by atoms with Crippen LogP contribution in [0.1, 0.15) is 25.7 Å². The third-order valence-electron chi connectivity index (χ3n) is 7.50. The number of carbonyl (C=O) groups is 1. The Labute approximate surface area is 227 Å². The molecule has 2 amide bonds. The zero-order valence-electron chi connectivity index (χ0n) is 21.8. The summed E-state index contributed by atoms with van der Waals surface area (Å²) in [4.78, 5) is 36.4. The third kappa shape index (κ3) is 5.33. The maximum atomic E-state index is 13.0. The number of hydrogen-bond donors (Lipinski definition) is 1. The number of hydrogen-bond acceptors (Lipinski definition) is 9. The van der Waals surface area contributed by atoms with Gasteiger partial charge in [0.15, 0.2) is 5.13 Å². The summed E-state index contributed by atoms with van der Waals surface area (Å²) in [5.74, 6) is 3.65. The van der Waals surface area contributed by atoms with Crippen LogP contribution in [0.15, 0.2) is 35.7 Å². The van der Waals surface area contributed by atoms with Crippen molar-refractivity contribution in [3.05, 3.63) is 35.7 Å². The van der Waals surface area contributed by atoms with Crippen molar-refractivity contribution < 1.29 is 9.53 Å². The Morgan fingerprint density at radius 2 is 1.42 bits per heavy atom. The van der Waals surface area contributed by atoms with Crippen molar-refractivity contribution in [3.63, 3.8) is 0 Å². The smallest absolute Gasteiger partial charge is 0.323 e. The van der Waals surface area contributed by atoms with E-state index in [4.69, 9.17) is 14.7 Å². The van der Waals surface area contributed by atoms with E-state index in [-0.39, 0.29) is 6.03 Å². The van der Waals surface area contributed by atoms with Gasteiger partial charge in [-0.05, 0) is 49.9 Å². The summed E-state index contributed by atoms with van der Waals surface area (Å²) in [6.45, 7) is 6.88. The third-order valence-corrected chi connectivity index (χ3v) is 8.26. The molecule has 3 aliphatic rings. The summed E-state index contributed by atoms with van der Waals surface area (Å²) in [7, 11) is 1.65. The summed E-state index contributed by atoms with van der Waals surface area (Å²) in [6, 6.07) is 9.78. The molecule has 200 valence electrons. The second kappa shape index (κ2) is 11.0. The fourth-order valence-corrected chi connectivity index (χ4v) is 5.98. The maximum Gasteiger partial charge on any atom is 0.323 e. The molecule has 0 saturated carbocycles. The average molecular weight is 535 g/mol. The highest BCUT2D eigenvalue weighted by Crippen LogP contribution is 2.29. The first kappa shape index (κ1) is 24.7. The number of amides is 2. The fourth-order valence-electron chi connectivity index (χ4n) is 5.27. The first-order chi connectivity index (χ1) is 18.7. The van der Waals surface area contributed by atoms with Crippen LogP contribution in [-0.4, -0.2) is 85.4 Å². The number of thiazole rings is 1. The molecule has 3 aliphatic heterocycles. The highest BCUT2D eigenvalue weighted by Gasteiger charge is 2.26. The zero-order valence-corrected chi connectivity index (χ0v) is 22.6. The van der Waals surface area contributed by atoms with Gasteiger partial charge in [0, 0.05) is 69.4 Å². The summed E-state index contributed by atoms with van der Waals surface area (Å²) in [5, 5.41) is 5.54. The molecule has 5 heterocycles. The highest BCUT2D eigenvalue weighted by atomic mass is 32.1. The molecule has 2 aromatic heterocycles. The van der Waals surface area contributed by atoms with Crippen LogP contribution in [0.25, 0.3) is 11.3 Å². The van der Waals surface area contributed by atoms with Gasteiger partial charge in [-0.1, -0.05) is 0 Å². The van der Waals surface area contributed by atoms with Crippen LogP contribution in [0.3, 0.4) is 0 Å². The monoisotopic (exact) mass is 534 g/mol. The van der Waals surface area contributed by atoms with E-state index >= 15 is 0 Å². The Morgan fingerprint density at radius 3 is 2.05 bits per heavy atom. The molecule has 6 rings (SSSR count). The number of ether oxygens (including phenoxy) is 1. The normalized spacial score (nSPS) is 17.8. The molecule has 38 heavy (non-hydrogen) atoms. The number of carbonyl (C=O) groups excluding carboxylic acids is 1. The van der Waals surface area contributed by atoms with E-state index in [0.29, 0.717) is 18.2 Å². The van der Waals surface area contributed by atoms with Crippen molar-refractivity contribution in [1.82, 2.24) is 19.9 Å². The van der Waals surface area contributed by atoms with Gasteiger partial charge in [0.25, 0.3) is 0 Å². The Balaban J connectivity index is 1.09. The van der Waals surface area contributed by atoms with Gasteiger partial charge in [0.05, 0.1) is 12.8 Å². The second-order valence-corrected chi connectivity index (χ2v) is 10.8. The second-order valence-electron chi connectivity index (χ2n) is 9.94. The molecule has 1 aromatic carbocycles. The summed E-state index contributed by atoms with van der Waals surface area (Å²) in [6.07, 6.45) is 4.82. The number of anilines is 4. The van der Waals surface area contributed by atoms with E-state index in [1.807, 2.05) is 34.5 Å². The van der Waals surface area contributed by atoms with Crippen LogP contribution in [0.5, 0.6) is 5.75 Å². The summed E-state index contributed by atoms with van der Waals surface area (Å²) < 4.78 is 5.23. The average Bonchev–Trinajstić information content (AvgIpc) is 3.76. The van der Waals surface area contributed by atoms with Crippen molar-refractivity contribution in [1.29, 1.82) is 0 Å². The van der Waals surface area contributed by atoms with Crippen molar-refractivity contribution >= 4 is 40.1 Å². The molecular weight excluding hydrogens is 500 g/mol. The highest BCUT2D eigenvalue weighted by molar-refractivity contribution is 7.14.